The van der Waals surface area contributed by atoms with E-state index >= 15 is 0 Å². The monoisotopic (exact) mass is 434 g/mol. The predicted molar refractivity (Wildman–Crippen MR) is 102 cm³/mol. The van der Waals surface area contributed by atoms with Crippen LogP contribution in [0.5, 0.6) is 0 Å². The van der Waals surface area contributed by atoms with E-state index in [1.165, 1.54) is 17.7 Å². The molecule has 4 rings (SSSR count). The predicted octanol–water partition coefficient (Wildman–Crippen LogP) is 3.56. The number of hydrogen-bond acceptors (Lipinski definition) is 7. The van der Waals surface area contributed by atoms with E-state index in [1.54, 1.807) is 31.2 Å². The van der Waals surface area contributed by atoms with Crippen LogP contribution < -0.4 is 5.63 Å². The van der Waals surface area contributed by atoms with Crippen molar-refractivity contribution in [2.75, 3.05) is 0 Å². The van der Waals surface area contributed by atoms with Gasteiger partial charge in [-0.1, -0.05) is 29.4 Å². The zero-order chi connectivity index (χ0) is 22.4. The summed E-state index contributed by atoms with van der Waals surface area (Å²) in [6.07, 6.45) is -4.43. The molecule has 0 bridgehead atoms. The Labute approximate surface area is 172 Å². The fourth-order valence-corrected chi connectivity index (χ4v) is 3.29. The Hall–Kier alpha value is -3.47. The third-order valence-electron chi connectivity index (χ3n) is 5.00. The number of alkyl halides is 3. The van der Waals surface area contributed by atoms with Gasteiger partial charge in [0.2, 0.25) is 5.60 Å². The van der Waals surface area contributed by atoms with Crippen molar-refractivity contribution in [1.82, 2.24) is 20.2 Å². The molecule has 0 aliphatic carbocycles. The van der Waals surface area contributed by atoms with Gasteiger partial charge in [0.05, 0.1) is 12.7 Å². The van der Waals surface area contributed by atoms with Crippen LogP contribution in [0.4, 0.5) is 13.2 Å². The molecule has 11 heteroatoms. The van der Waals surface area contributed by atoms with E-state index in [2.05, 4.69) is 15.5 Å². The van der Waals surface area contributed by atoms with Crippen molar-refractivity contribution < 1.29 is 27.2 Å². The molecule has 3 heterocycles. The largest absolute Gasteiger partial charge is 0.423 e. The van der Waals surface area contributed by atoms with Gasteiger partial charge in [-0.3, -0.25) is 0 Å². The first-order valence-corrected chi connectivity index (χ1v) is 9.31. The van der Waals surface area contributed by atoms with Crippen LogP contribution in [-0.2, 0) is 12.1 Å². The summed E-state index contributed by atoms with van der Waals surface area (Å²) in [7, 11) is 0. The molecule has 0 unspecified atom stereocenters. The quantitative estimate of drug-likeness (QED) is 0.479. The molecule has 31 heavy (non-hydrogen) atoms. The van der Waals surface area contributed by atoms with E-state index < -0.39 is 29.5 Å². The molecular weight excluding hydrogens is 417 g/mol. The lowest BCUT2D eigenvalue weighted by atomic mass is 9.96. The summed E-state index contributed by atoms with van der Waals surface area (Å²) >= 11 is 0. The van der Waals surface area contributed by atoms with Crippen molar-refractivity contribution in [3.05, 3.63) is 64.0 Å². The first-order valence-electron chi connectivity index (χ1n) is 9.31. The van der Waals surface area contributed by atoms with Crippen molar-refractivity contribution in [1.29, 1.82) is 0 Å². The van der Waals surface area contributed by atoms with Crippen LogP contribution in [0.15, 0.2) is 50.3 Å². The van der Waals surface area contributed by atoms with Gasteiger partial charge in [-0.25, -0.2) is 9.48 Å². The number of nitrogens with zero attached hydrogens (tertiary/aromatic N) is 4. The molecule has 0 aliphatic rings. The van der Waals surface area contributed by atoms with Gasteiger partial charge in [0.15, 0.2) is 0 Å². The molecular formula is C20H17F3N4O4. The average molecular weight is 434 g/mol. The number of aliphatic hydroxyl groups is 1. The number of fused-ring (bicyclic) bond motifs is 1. The van der Waals surface area contributed by atoms with Crippen molar-refractivity contribution in [2.24, 2.45) is 0 Å². The SMILES string of the molecule is CC[C@](O)(c1cn(Cc2ccc3c(-c4cc(C)on4)cc(=O)oc3c2)nn1)C(F)(F)F. The Kier molecular flexibility index (Phi) is 4.92. The van der Waals surface area contributed by atoms with Crippen LogP contribution >= 0.6 is 0 Å². The molecule has 4 aromatic rings. The fraction of sp³-hybridized carbons (Fsp3) is 0.300. The molecule has 0 radical (unpaired) electrons. The summed E-state index contributed by atoms with van der Waals surface area (Å²) in [5, 5.41) is 21.8. The second-order valence-electron chi connectivity index (χ2n) is 7.15. The van der Waals surface area contributed by atoms with E-state index in [0.717, 1.165) is 6.20 Å². The molecule has 1 aromatic carbocycles. The molecule has 1 N–H and O–H groups in total. The summed E-state index contributed by atoms with van der Waals surface area (Å²) in [6, 6.07) is 8.02. The van der Waals surface area contributed by atoms with Crippen molar-refractivity contribution in [2.45, 2.75) is 38.6 Å². The van der Waals surface area contributed by atoms with Crippen LogP contribution in [0.2, 0.25) is 0 Å². The van der Waals surface area contributed by atoms with E-state index in [0.29, 0.717) is 28.0 Å². The Morgan fingerprint density at radius 1 is 1.19 bits per heavy atom. The van der Waals surface area contributed by atoms with Gasteiger partial charge in [-0.05, 0) is 25.0 Å². The van der Waals surface area contributed by atoms with Gasteiger partial charge in [0.1, 0.15) is 22.7 Å². The van der Waals surface area contributed by atoms with Crippen LogP contribution in [-0.4, -0.2) is 31.4 Å². The Balaban J connectivity index is 1.68. The van der Waals surface area contributed by atoms with Crippen LogP contribution in [0.1, 0.15) is 30.4 Å². The zero-order valence-corrected chi connectivity index (χ0v) is 16.5. The average Bonchev–Trinajstić information content (AvgIpc) is 3.35. The third kappa shape index (κ3) is 3.72. The lowest BCUT2D eigenvalue weighted by Crippen LogP contribution is -2.42. The molecule has 0 spiro atoms. The topological polar surface area (TPSA) is 107 Å². The molecule has 0 aliphatic heterocycles. The first-order chi connectivity index (χ1) is 14.6. The number of rotatable bonds is 5. The van der Waals surface area contributed by atoms with Crippen molar-refractivity contribution >= 4 is 11.0 Å². The molecule has 0 saturated carbocycles. The number of aryl methyl sites for hydroxylation is 1. The van der Waals surface area contributed by atoms with Crippen molar-refractivity contribution in [3.8, 4) is 11.3 Å². The lowest BCUT2D eigenvalue weighted by molar-refractivity contribution is -0.269. The number of halogens is 3. The van der Waals surface area contributed by atoms with E-state index in [1.807, 2.05) is 0 Å². The number of hydrogen-bond donors (Lipinski definition) is 1. The van der Waals surface area contributed by atoms with E-state index in [9.17, 15) is 23.1 Å². The fourth-order valence-electron chi connectivity index (χ4n) is 3.29. The Morgan fingerprint density at radius 3 is 2.61 bits per heavy atom. The molecule has 0 saturated heterocycles. The maximum atomic E-state index is 13.2. The summed E-state index contributed by atoms with van der Waals surface area (Å²) < 4.78 is 51.2. The smallest absolute Gasteiger partial charge is 0.423 e. The van der Waals surface area contributed by atoms with Crippen molar-refractivity contribution in [3.63, 3.8) is 0 Å². The van der Waals surface area contributed by atoms with Gasteiger partial charge in [-0.2, -0.15) is 13.2 Å². The number of benzene rings is 1. The summed E-state index contributed by atoms with van der Waals surface area (Å²) in [5.41, 5.74) is -2.34. The van der Waals surface area contributed by atoms with E-state index in [-0.39, 0.29) is 12.1 Å². The highest BCUT2D eigenvalue weighted by atomic mass is 19.4. The van der Waals surface area contributed by atoms with Crippen LogP contribution in [0, 0.1) is 6.92 Å². The third-order valence-corrected chi connectivity index (χ3v) is 5.00. The molecule has 162 valence electrons. The van der Waals surface area contributed by atoms with Gasteiger partial charge in [0, 0.05) is 23.1 Å². The second kappa shape index (κ2) is 7.34. The first kappa shape index (κ1) is 20.8. The van der Waals surface area contributed by atoms with Gasteiger partial charge < -0.3 is 14.0 Å². The maximum Gasteiger partial charge on any atom is 0.423 e. The van der Waals surface area contributed by atoms with Gasteiger partial charge >= 0.3 is 11.8 Å². The minimum absolute atomic E-state index is 0.0532. The molecule has 1 atom stereocenters. The molecule has 0 fully saturated rings. The highest BCUT2D eigenvalue weighted by Crippen LogP contribution is 2.40. The summed E-state index contributed by atoms with van der Waals surface area (Å²) in [5.74, 6) is 0.584. The Bertz CT molecular complexity index is 1310. The van der Waals surface area contributed by atoms with Gasteiger partial charge in [0.25, 0.3) is 0 Å². The minimum atomic E-state index is -4.88. The van der Waals surface area contributed by atoms with Crippen LogP contribution in [0.25, 0.3) is 22.2 Å². The maximum absolute atomic E-state index is 13.2. The summed E-state index contributed by atoms with van der Waals surface area (Å²) in [4.78, 5) is 12.0. The van der Waals surface area contributed by atoms with E-state index in [4.69, 9.17) is 8.94 Å². The number of aromatic nitrogens is 4. The molecule has 3 aromatic heterocycles. The van der Waals surface area contributed by atoms with Crippen LogP contribution in [0.3, 0.4) is 0 Å². The highest BCUT2D eigenvalue weighted by Gasteiger charge is 2.55. The summed E-state index contributed by atoms with van der Waals surface area (Å²) in [6.45, 7) is 3.00. The minimum Gasteiger partial charge on any atom is -0.423 e. The zero-order valence-electron chi connectivity index (χ0n) is 16.5. The normalized spacial score (nSPS) is 14.1. The van der Waals surface area contributed by atoms with Gasteiger partial charge in [-0.15, -0.1) is 5.10 Å². The molecule has 0 amide bonds. The standard InChI is InChI=1S/C20H17F3N4O4/c1-3-19(29,20(21,22)23)17-10-27(26-24-17)9-12-4-5-13-14(15-6-11(2)31-25-15)8-18(28)30-16(13)7-12/h4-8,10,29H,3,9H2,1-2H3/t19-/m0/s1. The second-order valence-corrected chi connectivity index (χ2v) is 7.15. The lowest BCUT2D eigenvalue weighted by Gasteiger charge is -2.26. The Morgan fingerprint density at radius 2 is 1.97 bits per heavy atom. The molecule has 8 nitrogen and oxygen atoms in total. The highest BCUT2D eigenvalue weighted by molar-refractivity contribution is 5.92.